The third-order valence-corrected chi connectivity index (χ3v) is 7.33. The Bertz CT molecular complexity index is 1380. The molecule has 0 saturated carbocycles. The van der Waals surface area contributed by atoms with Crippen molar-refractivity contribution in [2.45, 2.75) is 31.4 Å². The summed E-state index contributed by atoms with van der Waals surface area (Å²) in [6.07, 6.45) is -0.234. The molecule has 2 atom stereocenters. The number of carbonyl (C=O) groups is 3. The van der Waals surface area contributed by atoms with Gasteiger partial charge in [-0.1, -0.05) is 41.6 Å². The van der Waals surface area contributed by atoms with Gasteiger partial charge in [0.2, 0.25) is 5.91 Å². The number of hydrogen-bond donors (Lipinski definition) is 2. The van der Waals surface area contributed by atoms with Gasteiger partial charge in [0, 0.05) is 5.69 Å². The first-order valence-corrected chi connectivity index (χ1v) is 11.9. The van der Waals surface area contributed by atoms with Gasteiger partial charge in [0.15, 0.2) is 0 Å². The third-order valence-electron chi connectivity index (χ3n) is 6.06. The van der Waals surface area contributed by atoms with Gasteiger partial charge >= 0.3 is 5.97 Å². The van der Waals surface area contributed by atoms with Crippen LogP contribution >= 0.6 is 11.8 Å². The number of aryl methyl sites for hydroxylation is 2. The number of nitriles is 1. The van der Waals surface area contributed by atoms with Gasteiger partial charge in [-0.05, 0) is 43.2 Å². The summed E-state index contributed by atoms with van der Waals surface area (Å²) in [6.45, 7) is 3.78. The van der Waals surface area contributed by atoms with E-state index in [9.17, 15) is 24.0 Å². The van der Waals surface area contributed by atoms with Crippen LogP contribution in [0.25, 0.3) is 0 Å². The van der Waals surface area contributed by atoms with Gasteiger partial charge in [-0.25, -0.2) is 4.39 Å². The number of amides is 2. The highest BCUT2D eigenvalue weighted by atomic mass is 32.2. The van der Waals surface area contributed by atoms with Gasteiger partial charge in [0.05, 0.1) is 41.7 Å². The number of carbonyl (C=O) groups excluding carboxylic acids is 3. The van der Waals surface area contributed by atoms with Crippen LogP contribution in [0, 0.1) is 31.0 Å². The van der Waals surface area contributed by atoms with E-state index < -0.39 is 34.8 Å². The van der Waals surface area contributed by atoms with E-state index in [0.717, 1.165) is 27.8 Å². The number of nitrogens with two attached hydrogens (primary N) is 1. The molecular weight excluding hydrogens is 483 g/mol. The minimum atomic E-state index is -0.954. The largest absolute Gasteiger partial charge is 0.469 e. The normalized spacial score (nSPS) is 19.2. The summed E-state index contributed by atoms with van der Waals surface area (Å²) in [4.78, 5) is 40.1. The summed E-state index contributed by atoms with van der Waals surface area (Å²) in [6, 6.07) is 13.0. The van der Waals surface area contributed by atoms with Crippen molar-refractivity contribution >= 4 is 35.2 Å². The standard InChI is InChI=1S/C26H23FN4O4S/c1-13-4-9-18(14(2)10-13)30-24(33)22-21(15-5-7-16(27)8-6-15)17(12-28)23(29)31-25(34)19(36-26(22)31)11-20(32)35-3/h4-10,19,21H,11,29H2,1-3H3,(H,30,33)/t19-,21+/m0/s1. The number of halogens is 1. The van der Waals surface area contributed by atoms with Crippen LogP contribution in [0.2, 0.25) is 0 Å². The molecule has 0 aromatic heterocycles. The average Bonchev–Trinajstić information content (AvgIpc) is 3.16. The van der Waals surface area contributed by atoms with E-state index in [-0.39, 0.29) is 28.4 Å². The maximum Gasteiger partial charge on any atom is 0.307 e. The van der Waals surface area contributed by atoms with Crippen molar-refractivity contribution in [3.05, 3.63) is 87.0 Å². The fraction of sp³-hybridized carbons (Fsp3) is 0.231. The quantitative estimate of drug-likeness (QED) is 0.594. The third kappa shape index (κ3) is 4.45. The average molecular weight is 507 g/mol. The Labute approximate surface area is 211 Å². The Kier molecular flexibility index (Phi) is 6.86. The lowest BCUT2D eigenvalue weighted by Crippen LogP contribution is -2.39. The van der Waals surface area contributed by atoms with E-state index in [1.807, 2.05) is 32.0 Å². The second-order valence-corrected chi connectivity index (χ2v) is 9.64. The molecule has 2 aromatic carbocycles. The van der Waals surface area contributed by atoms with Crippen molar-refractivity contribution in [3.63, 3.8) is 0 Å². The molecule has 3 N–H and O–H groups in total. The molecule has 0 radical (unpaired) electrons. The Balaban J connectivity index is 1.88. The zero-order valence-corrected chi connectivity index (χ0v) is 20.6. The topological polar surface area (TPSA) is 126 Å². The number of nitrogens with zero attached hydrogens (tertiary/aromatic N) is 2. The molecule has 1 fully saturated rings. The Morgan fingerprint density at radius 3 is 2.53 bits per heavy atom. The lowest BCUT2D eigenvalue weighted by Gasteiger charge is -2.32. The van der Waals surface area contributed by atoms with Crippen LogP contribution in [0.15, 0.2) is 64.5 Å². The first-order valence-electron chi connectivity index (χ1n) is 11.0. The Morgan fingerprint density at radius 1 is 1.22 bits per heavy atom. The van der Waals surface area contributed by atoms with Gasteiger partial charge in [-0.3, -0.25) is 19.3 Å². The molecule has 2 amide bonds. The number of methoxy groups -OCH3 is 1. The van der Waals surface area contributed by atoms with Crippen molar-refractivity contribution in [1.29, 1.82) is 5.26 Å². The van der Waals surface area contributed by atoms with Crippen LogP contribution in [0.5, 0.6) is 0 Å². The molecule has 0 bridgehead atoms. The predicted molar refractivity (Wildman–Crippen MR) is 132 cm³/mol. The zero-order valence-electron chi connectivity index (χ0n) is 19.8. The number of rotatable bonds is 5. The van der Waals surface area contributed by atoms with E-state index >= 15 is 0 Å². The van der Waals surface area contributed by atoms with E-state index in [0.29, 0.717) is 11.3 Å². The van der Waals surface area contributed by atoms with Crippen molar-refractivity contribution in [1.82, 2.24) is 4.90 Å². The van der Waals surface area contributed by atoms with Gasteiger partial charge in [0.25, 0.3) is 5.91 Å². The second-order valence-electron chi connectivity index (χ2n) is 8.45. The highest BCUT2D eigenvalue weighted by Gasteiger charge is 2.48. The van der Waals surface area contributed by atoms with Crippen LogP contribution in [-0.4, -0.2) is 35.0 Å². The SMILES string of the molecule is COC(=O)C[C@@H]1SC2=C(C(=O)Nc3ccc(C)cc3C)[C@H](c3ccc(F)cc3)C(C#N)=C(N)N2C1=O. The summed E-state index contributed by atoms with van der Waals surface area (Å²) in [7, 11) is 1.22. The molecule has 2 aliphatic heterocycles. The van der Waals surface area contributed by atoms with Crippen molar-refractivity contribution in [2.24, 2.45) is 5.73 Å². The smallest absolute Gasteiger partial charge is 0.307 e. The van der Waals surface area contributed by atoms with Crippen molar-refractivity contribution in [3.8, 4) is 6.07 Å². The monoisotopic (exact) mass is 506 g/mol. The molecule has 2 aliphatic rings. The summed E-state index contributed by atoms with van der Waals surface area (Å²) in [5, 5.41) is 12.3. The molecular formula is C26H23FN4O4S. The van der Waals surface area contributed by atoms with E-state index in [1.165, 1.54) is 31.4 Å². The summed E-state index contributed by atoms with van der Waals surface area (Å²) < 4.78 is 18.4. The molecule has 10 heteroatoms. The molecule has 2 heterocycles. The van der Waals surface area contributed by atoms with E-state index in [4.69, 9.17) is 10.5 Å². The van der Waals surface area contributed by atoms with Gasteiger partial charge in [-0.2, -0.15) is 5.26 Å². The molecule has 8 nitrogen and oxygen atoms in total. The first-order chi connectivity index (χ1) is 17.2. The number of fused-ring (bicyclic) bond motifs is 1. The molecule has 0 aliphatic carbocycles. The molecule has 4 rings (SSSR count). The number of nitrogens with one attached hydrogen (secondary N) is 1. The van der Waals surface area contributed by atoms with Crippen LogP contribution in [-0.2, 0) is 19.1 Å². The van der Waals surface area contributed by atoms with Gasteiger partial charge in [-0.15, -0.1) is 0 Å². The van der Waals surface area contributed by atoms with Crippen LogP contribution < -0.4 is 11.1 Å². The van der Waals surface area contributed by atoms with Crippen LogP contribution in [0.4, 0.5) is 10.1 Å². The number of allylic oxidation sites excluding steroid dienone is 1. The fourth-order valence-corrected chi connectivity index (χ4v) is 5.60. The minimum absolute atomic E-state index is 0.0243. The van der Waals surface area contributed by atoms with Gasteiger partial charge in [0.1, 0.15) is 16.9 Å². The van der Waals surface area contributed by atoms with Gasteiger partial charge < -0.3 is 15.8 Å². The summed E-state index contributed by atoms with van der Waals surface area (Å²) >= 11 is 1.01. The minimum Gasteiger partial charge on any atom is -0.469 e. The number of esters is 1. The molecule has 184 valence electrons. The number of hydrogen-bond acceptors (Lipinski definition) is 7. The van der Waals surface area contributed by atoms with E-state index in [2.05, 4.69) is 5.32 Å². The van der Waals surface area contributed by atoms with Crippen LogP contribution in [0.3, 0.4) is 0 Å². The number of benzene rings is 2. The van der Waals surface area contributed by atoms with Crippen molar-refractivity contribution < 1.29 is 23.5 Å². The maximum atomic E-state index is 13.8. The van der Waals surface area contributed by atoms with E-state index in [1.54, 1.807) is 6.07 Å². The number of ether oxygens (including phenoxy) is 1. The Morgan fingerprint density at radius 2 is 1.92 bits per heavy atom. The highest BCUT2D eigenvalue weighted by molar-refractivity contribution is 8.04. The molecule has 2 aromatic rings. The maximum absolute atomic E-state index is 13.8. The highest BCUT2D eigenvalue weighted by Crippen LogP contribution is 2.50. The molecule has 36 heavy (non-hydrogen) atoms. The molecule has 1 saturated heterocycles. The summed E-state index contributed by atoms with van der Waals surface area (Å²) in [5.41, 5.74) is 9.25. The number of thioether (sulfide) groups is 1. The Hall–Kier alpha value is -4.10. The van der Waals surface area contributed by atoms with Crippen LogP contribution in [0.1, 0.15) is 29.0 Å². The first kappa shape index (κ1) is 25.0. The predicted octanol–water partition coefficient (Wildman–Crippen LogP) is 3.59. The molecule has 0 unspecified atom stereocenters. The lowest BCUT2D eigenvalue weighted by atomic mass is 9.82. The molecule has 0 spiro atoms. The summed E-state index contributed by atoms with van der Waals surface area (Å²) in [5.74, 6) is -3.24. The number of anilines is 1. The lowest BCUT2D eigenvalue weighted by molar-refractivity contribution is -0.142. The zero-order chi connectivity index (χ0) is 26.1. The fourth-order valence-electron chi connectivity index (χ4n) is 4.28. The van der Waals surface area contributed by atoms with Crippen molar-refractivity contribution in [2.75, 3.05) is 12.4 Å². The second kappa shape index (κ2) is 9.87.